The van der Waals surface area contributed by atoms with Crippen LogP contribution < -0.4 is 5.30 Å². The van der Waals surface area contributed by atoms with Crippen LogP contribution in [0.1, 0.15) is 46.0 Å². The minimum absolute atomic E-state index is 0.969. The average molecular weight is 384 g/mol. The Labute approximate surface area is 129 Å². The van der Waals surface area contributed by atoms with E-state index in [9.17, 15) is 0 Å². The van der Waals surface area contributed by atoms with Gasteiger partial charge in [-0.05, 0) is 0 Å². The summed E-state index contributed by atoms with van der Waals surface area (Å²) in [6.07, 6.45) is 8.78. The molecule has 1 unspecified atom stereocenters. The first-order valence-corrected chi connectivity index (χ1v) is 15.3. The van der Waals surface area contributed by atoms with E-state index in [0.29, 0.717) is 0 Å². The van der Waals surface area contributed by atoms with E-state index < -0.39 is 19.8 Å². The van der Waals surface area contributed by atoms with Crippen LogP contribution in [-0.2, 0) is 0 Å². The molecule has 107 valence electrons. The third kappa shape index (κ3) is 9.08. The maximum atomic E-state index is 2.34. The fraction of sp³-hybridized carbons (Fsp3) is 0.647. The standard InChI is InChI=1S/C9H12P.2C4H9.Sn/c1-2-8-10-9-6-4-3-5-7-9;2*1-3-4-2;/h3-7,10H,1-2,8H2;2*1,3-4H2,2H3;. The van der Waals surface area contributed by atoms with Gasteiger partial charge < -0.3 is 0 Å². The van der Waals surface area contributed by atoms with Crippen LogP contribution in [0.5, 0.6) is 0 Å². The first-order chi connectivity index (χ1) is 9.36. The molecule has 0 aliphatic carbocycles. The fourth-order valence-corrected chi connectivity index (χ4v) is 13.4. The molecule has 0 fully saturated rings. The Bertz CT molecular complexity index is 291. The molecule has 1 aromatic carbocycles. The van der Waals surface area contributed by atoms with Crippen molar-refractivity contribution in [2.45, 2.75) is 59.3 Å². The molecule has 0 aromatic heterocycles. The summed E-state index contributed by atoms with van der Waals surface area (Å²) in [7, 11) is 1.04. The molecule has 0 aliphatic heterocycles. The van der Waals surface area contributed by atoms with Crippen molar-refractivity contribution in [3.63, 3.8) is 0 Å². The van der Waals surface area contributed by atoms with E-state index in [1.54, 1.807) is 18.6 Å². The van der Waals surface area contributed by atoms with Crippen molar-refractivity contribution >= 4 is 33.6 Å². The van der Waals surface area contributed by atoms with Gasteiger partial charge >= 0.3 is 129 Å². The van der Waals surface area contributed by atoms with E-state index in [1.165, 1.54) is 38.3 Å². The predicted molar refractivity (Wildman–Crippen MR) is 93.9 cm³/mol. The van der Waals surface area contributed by atoms with E-state index in [0.717, 1.165) is 8.58 Å². The normalized spacial score (nSPS) is 11.7. The van der Waals surface area contributed by atoms with Gasteiger partial charge in [-0.25, -0.2) is 0 Å². The second-order valence-electron chi connectivity index (χ2n) is 5.35. The van der Waals surface area contributed by atoms with Crippen molar-refractivity contribution in [2.24, 2.45) is 0 Å². The van der Waals surface area contributed by atoms with Crippen molar-refractivity contribution in [1.82, 2.24) is 0 Å². The zero-order chi connectivity index (χ0) is 13.8. The van der Waals surface area contributed by atoms with E-state index in [4.69, 9.17) is 0 Å². The van der Waals surface area contributed by atoms with Crippen LogP contribution in [-0.4, -0.2) is 25.9 Å². The quantitative estimate of drug-likeness (QED) is 0.270. The average Bonchev–Trinajstić information content (AvgIpc) is 2.46. The SMILES string of the molecule is CCC[CH2][Sn]([CH2]CCC)[CH2]CCPc1ccccc1. The molecule has 19 heavy (non-hydrogen) atoms. The topological polar surface area (TPSA) is 0 Å². The molecule has 0 bridgehead atoms. The van der Waals surface area contributed by atoms with Gasteiger partial charge in [0.1, 0.15) is 0 Å². The van der Waals surface area contributed by atoms with Gasteiger partial charge in [-0.3, -0.25) is 0 Å². The molecule has 0 aliphatic rings. The molecule has 0 saturated heterocycles. The van der Waals surface area contributed by atoms with Gasteiger partial charge in [0.2, 0.25) is 0 Å². The number of unbranched alkanes of at least 4 members (excludes halogenated alkanes) is 2. The molecule has 0 nitrogen and oxygen atoms in total. The molecule has 0 saturated carbocycles. The van der Waals surface area contributed by atoms with E-state index in [1.807, 2.05) is 0 Å². The van der Waals surface area contributed by atoms with Gasteiger partial charge in [0.15, 0.2) is 0 Å². The second kappa shape index (κ2) is 12.2. The van der Waals surface area contributed by atoms with Crippen LogP contribution in [0, 0.1) is 0 Å². The first kappa shape index (κ1) is 17.5. The van der Waals surface area contributed by atoms with Gasteiger partial charge in [0.25, 0.3) is 0 Å². The molecule has 1 radical (unpaired) electrons. The predicted octanol–water partition coefficient (Wildman–Crippen LogP) is 5.48. The number of benzene rings is 1. The van der Waals surface area contributed by atoms with Crippen molar-refractivity contribution in [3.05, 3.63) is 30.3 Å². The van der Waals surface area contributed by atoms with Crippen molar-refractivity contribution in [2.75, 3.05) is 6.16 Å². The zero-order valence-electron chi connectivity index (χ0n) is 12.8. The fourth-order valence-electron chi connectivity index (χ4n) is 2.36. The van der Waals surface area contributed by atoms with Gasteiger partial charge in [-0.1, -0.05) is 0 Å². The second-order valence-corrected chi connectivity index (χ2v) is 15.3. The summed E-state index contributed by atoms with van der Waals surface area (Å²) in [5.74, 6) is 0. The monoisotopic (exact) mass is 385 g/mol. The van der Waals surface area contributed by atoms with Crippen LogP contribution >= 0.6 is 8.58 Å². The van der Waals surface area contributed by atoms with Gasteiger partial charge in [-0.15, -0.1) is 0 Å². The van der Waals surface area contributed by atoms with Crippen molar-refractivity contribution in [1.29, 1.82) is 0 Å². The van der Waals surface area contributed by atoms with Crippen molar-refractivity contribution < 1.29 is 0 Å². The molecular weight excluding hydrogens is 354 g/mol. The molecule has 0 heterocycles. The summed E-state index contributed by atoms with van der Waals surface area (Å²) in [6.45, 7) is 4.69. The third-order valence-corrected chi connectivity index (χ3v) is 14.0. The van der Waals surface area contributed by atoms with E-state index in [-0.39, 0.29) is 0 Å². The Morgan fingerprint density at radius 1 is 0.842 bits per heavy atom. The summed E-state index contributed by atoms with van der Waals surface area (Å²) in [6, 6.07) is 11.0. The molecule has 2 heteroatoms. The summed E-state index contributed by atoms with van der Waals surface area (Å²) >= 11 is -0.969. The van der Waals surface area contributed by atoms with Gasteiger partial charge in [-0.2, -0.15) is 0 Å². The summed E-state index contributed by atoms with van der Waals surface area (Å²) in [4.78, 5) is 0. The Morgan fingerprint density at radius 3 is 2.00 bits per heavy atom. The molecule has 0 amide bonds. The molecule has 0 spiro atoms. The Morgan fingerprint density at radius 2 is 1.42 bits per heavy atom. The van der Waals surface area contributed by atoms with Gasteiger partial charge in [0, 0.05) is 0 Å². The number of hydrogen-bond donors (Lipinski definition) is 0. The van der Waals surface area contributed by atoms with Crippen LogP contribution in [0.15, 0.2) is 30.3 Å². The van der Waals surface area contributed by atoms with E-state index in [2.05, 4.69) is 44.2 Å². The summed E-state index contributed by atoms with van der Waals surface area (Å²) in [5, 5.41) is 1.55. The number of rotatable bonds is 11. The van der Waals surface area contributed by atoms with Crippen molar-refractivity contribution in [3.8, 4) is 0 Å². The summed E-state index contributed by atoms with van der Waals surface area (Å²) in [5.41, 5.74) is 0. The zero-order valence-corrected chi connectivity index (χ0v) is 16.6. The van der Waals surface area contributed by atoms with Crippen LogP contribution in [0.4, 0.5) is 0 Å². The Hall–Kier alpha value is 0.449. The molecule has 1 rings (SSSR count). The maximum absolute atomic E-state index is 2.34. The minimum atomic E-state index is -0.969. The Kier molecular flexibility index (Phi) is 11.2. The van der Waals surface area contributed by atoms with Gasteiger partial charge in [0.05, 0.1) is 0 Å². The first-order valence-electron chi connectivity index (χ1n) is 7.99. The van der Waals surface area contributed by atoms with E-state index >= 15 is 0 Å². The Balaban J connectivity index is 2.16. The molecular formula is C17H30PSn. The summed E-state index contributed by atoms with van der Waals surface area (Å²) < 4.78 is 4.97. The molecule has 1 atom stereocenters. The van der Waals surface area contributed by atoms with Crippen LogP contribution in [0.2, 0.25) is 13.3 Å². The molecule has 1 aromatic rings. The third-order valence-electron chi connectivity index (χ3n) is 3.58. The molecule has 0 N–H and O–H groups in total. The number of hydrogen-bond acceptors (Lipinski definition) is 0. The van der Waals surface area contributed by atoms with Crippen LogP contribution in [0.3, 0.4) is 0 Å². The van der Waals surface area contributed by atoms with Crippen LogP contribution in [0.25, 0.3) is 0 Å².